The van der Waals surface area contributed by atoms with E-state index < -0.39 is 0 Å². The average Bonchev–Trinajstić information content (AvgIpc) is 2.37. The summed E-state index contributed by atoms with van der Waals surface area (Å²) in [4.78, 5) is 11.9. The summed E-state index contributed by atoms with van der Waals surface area (Å²) in [6.45, 7) is 1.47. The molecule has 0 bridgehead atoms. The Morgan fingerprint density at radius 2 is 2.06 bits per heavy atom. The fourth-order valence-electron chi connectivity index (χ4n) is 1.46. The molecule has 4 heteroatoms. The lowest BCUT2D eigenvalue weighted by Crippen LogP contribution is -2.09. The summed E-state index contributed by atoms with van der Waals surface area (Å²) < 4.78 is 10.4. The van der Waals surface area contributed by atoms with Gasteiger partial charge >= 0.3 is 0 Å². The second-order valence-electron chi connectivity index (χ2n) is 3.65. The number of nitrogens with two attached hydrogens (primary N) is 1. The molecule has 0 saturated carbocycles. The van der Waals surface area contributed by atoms with E-state index in [0.717, 1.165) is 0 Å². The van der Waals surface area contributed by atoms with Gasteiger partial charge in [-0.2, -0.15) is 0 Å². The number of ether oxygens (including phenoxy) is 2. The first-order valence-electron chi connectivity index (χ1n) is 5.73. The first-order chi connectivity index (χ1) is 8.29. The van der Waals surface area contributed by atoms with E-state index in [0.29, 0.717) is 43.9 Å². The predicted octanol–water partition coefficient (Wildman–Crippen LogP) is 1.63. The Morgan fingerprint density at radius 1 is 1.29 bits per heavy atom. The number of Topliss-reactive ketones (excluding diaryl/α,β-unsaturated/α-hetero) is 1. The van der Waals surface area contributed by atoms with E-state index >= 15 is 0 Å². The zero-order valence-corrected chi connectivity index (χ0v) is 10.1. The highest BCUT2D eigenvalue weighted by Gasteiger charge is 2.11. The zero-order chi connectivity index (χ0) is 12.5. The molecule has 94 valence electrons. The second kappa shape index (κ2) is 7.81. The van der Waals surface area contributed by atoms with Crippen molar-refractivity contribution in [2.45, 2.75) is 12.8 Å². The zero-order valence-electron chi connectivity index (χ0n) is 10.1. The predicted molar refractivity (Wildman–Crippen MR) is 66.4 cm³/mol. The molecule has 2 N–H and O–H groups in total. The topological polar surface area (TPSA) is 61.5 Å². The Kier molecular flexibility index (Phi) is 6.29. The average molecular weight is 237 g/mol. The van der Waals surface area contributed by atoms with Crippen LogP contribution in [0.5, 0.6) is 5.75 Å². The van der Waals surface area contributed by atoms with Crippen LogP contribution in [0, 0.1) is 0 Å². The van der Waals surface area contributed by atoms with E-state index in [1.165, 1.54) is 0 Å². The number of rotatable bonds is 8. The third kappa shape index (κ3) is 4.54. The first-order valence-corrected chi connectivity index (χ1v) is 5.73. The summed E-state index contributed by atoms with van der Waals surface area (Å²) in [5, 5.41) is 0. The number of carbonyl (C=O) groups is 1. The van der Waals surface area contributed by atoms with Crippen LogP contribution in [0.2, 0.25) is 0 Å². The van der Waals surface area contributed by atoms with Gasteiger partial charge < -0.3 is 15.2 Å². The normalized spacial score (nSPS) is 10.2. The van der Waals surface area contributed by atoms with Crippen molar-refractivity contribution in [2.24, 2.45) is 5.73 Å². The Morgan fingerprint density at radius 3 is 2.76 bits per heavy atom. The molecule has 0 aliphatic heterocycles. The standard InChI is InChI=1S/C13H19NO3/c1-16-9-10-17-13-7-3-2-5-11(13)12(15)6-4-8-14/h2-3,5,7H,4,6,8-10,14H2,1H3. The lowest BCUT2D eigenvalue weighted by molar-refractivity contribution is 0.0973. The Balaban J connectivity index is 2.66. The van der Waals surface area contributed by atoms with Gasteiger partial charge in [0.05, 0.1) is 12.2 Å². The number of methoxy groups -OCH3 is 1. The van der Waals surface area contributed by atoms with E-state index in [2.05, 4.69) is 0 Å². The van der Waals surface area contributed by atoms with Crippen LogP contribution in [0.1, 0.15) is 23.2 Å². The smallest absolute Gasteiger partial charge is 0.166 e. The summed E-state index contributed by atoms with van der Waals surface area (Å²) in [5.41, 5.74) is 6.01. The number of hydrogen-bond acceptors (Lipinski definition) is 4. The molecule has 0 aliphatic carbocycles. The van der Waals surface area contributed by atoms with Crippen LogP contribution in [0.15, 0.2) is 24.3 Å². The van der Waals surface area contributed by atoms with Gasteiger partial charge in [-0.05, 0) is 25.1 Å². The van der Waals surface area contributed by atoms with Gasteiger partial charge in [-0.25, -0.2) is 0 Å². The highest BCUT2D eigenvalue weighted by molar-refractivity contribution is 5.98. The summed E-state index contributed by atoms with van der Waals surface area (Å²) in [6.07, 6.45) is 1.16. The van der Waals surface area contributed by atoms with Crippen molar-refractivity contribution in [3.8, 4) is 5.75 Å². The molecule has 0 aliphatic rings. The molecule has 0 spiro atoms. The Hall–Kier alpha value is -1.39. The minimum Gasteiger partial charge on any atom is -0.490 e. The van der Waals surface area contributed by atoms with E-state index in [9.17, 15) is 4.79 Å². The Bertz CT molecular complexity index is 352. The molecule has 1 aromatic carbocycles. The van der Waals surface area contributed by atoms with Crippen LogP contribution in [0.25, 0.3) is 0 Å². The van der Waals surface area contributed by atoms with Gasteiger partial charge in [0, 0.05) is 13.5 Å². The number of benzene rings is 1. The molecule has 0 heterocycles. The maximum atomic E-state index is 11.9. The molecule has 1 aromatic rings. The highest BCUT2D eigenvalue weighted by Crippen LogP contribution is 2.20. The number of para-hydroxylation sites is 1. The molecule has 0 saturated heterocycles. The monoisotopic (exact) mass is 237 g/mol. The number of ketones is 1. The first kappa shape index (κ1) is 13.7. The molecule has 0 atom stereocenters. The van der Waals surface area contributed by atoms with Crippen molar-refractivity contribution in [3.05, 3.63) is 29.8 Å². The number of hydrogen-bond donors (Lipinski definition) is 1. The van der Waals surface area contributed by atoms with Crippen molar-refractivity contribution in [1.29, 1.82) is 0 Å². The lowest BCUT2D eigenvalue weighted by atomic mass is 10.1. The summed E-state index contributed by atoms with van der Waals surface area (Å²) in [7, 11) is 1.61. The fraction of sp³-hybridized carbons (Fsp3) is 0.462. The van der Waals surface area contributed by atoms with Gasteiger partial charge in [-0.3, -0.25) is 4.79 Å². The van der Waals surface area contributed by atoms with E-state index in [4.69, 9.17) is 15.2 Å². The van der Waals surface area contributed by atoms with Crippen LogP contribution in [0.4, 0.5) is 0 Å². The summed E-state index contributed by atoms with van der Waals surface area (Å²) in [5.74, 6) is 0.690. The van der Waals surface area contributed by atoms with Crippen molar-refractivity contribution in [2.75, 3.05) is 26.9 Å². The molecule has 0 fully saturated rings. The van der Waals surface area contributed by atoms with Crippen LogP contribution < -0.4 is 10.5 Å². The van der Waals surface area contributed by atoms with E-state index in [1.54, 1.807) is 19.2 Å². The quantitative estimate of drug-likeness (QED) is 0.551. The van der Waals surface area contributed by atoms with Gasteiger partial charge in [0.2, 0.25) is 0 Å². The Labute approximate surface area is 102 Å². The second-order valence-corrected chi connectivity index (χ2v) is 3.65. The van der Waals surface area contributed by atoms with Gasteiger partial charge in [-0.1, -0.05) is 12.1 Å². The molecule has 1 rings (SSSR count). The summed E-state index contributed by atoms with van der Waals surface area (Å²) in [6, 6.07) is 7.26. The van der Waals surface area contributed by atoms with Crippen LogP contribution in [-0.4, -0.2) is 32.7 Å². The van der Waals surface area contributed by atoms with E-state index in [-0.39, 0.29) is 5.78 Å². The lowest BCUT2D eigenvalue weighted by Gasteiger charge is -2.10. The molecule has 0 radical (unpaired) electrons. The minimum atomic E-state index is 0.0727. The van der Waals surface area contributed by atoms with Gasteiger partial charge in [-0.15, -0.1) is 0 Å². The minimum absolute atomic E-state index is 0.0727. The van der Waals surface area contributed by atoms with Gasteiger partial charge in [0.1, 0.15) is 12.4 Å². The van der Waals surface area contributed by atoms with Gasteiger partial charge in [0.15, 0.2) is 5.78 Å². The maximum absolute atomic E-state index is 11.9. The van der Waals surface area contributed by atoms with E-state index in [1.807, 2.05) is 12.1 Å². The highest BCUT2D eigenvalue weighted by atomic mass is 16.5. The third-order valence-electron chi connectivity index (χ3n) is 2.34. The fourth-order valence-corrected chi connectivity index (χ4v) is 1.46. The van der Waals surface area contributed by atoms with Crippen molar-refractivity contribution >= 4 is 5.78 Å². The van der Waals surface area contributed by atoms with Crippen molar-refractivity contribution in [1.82, 2.24) is 0 Å². The van der Waals surface area contributed by atoms with Crippen molar-refractivity contribution in [3.63, 3.8) is 0 Å². The largest absolute Gasteiger partial charge is 0.490 e. The van der Waals surface area contributed by atoms with Crippen LogP contribution >= 0.6 is 0 Å². The molecule has 17 heavy (non-hydrogen) atoms. The van der Waals surface area contributed by atoms with Crippen LogP contribution in [0.3, 0.4) is 0 Å². The van der Waals surface area contributed by atoms with Crippen LogP contribution in [-0.2, 0) is 4.74 Å². The molecular formula is C13H19NO3. The molecule has 0 amide bonds. The summed E-state index contributed by atoms with van der Waals surface area (Å²) >= 11 is 0. The molecule has 0 unspecified atom stereocenters. The van der Waals surface area contributed by atoms with Gasteiger partial charge in [0.25, 0.3) is 0 Å². The maximum Gasteiger partial charge on any atom is 0.166 e. The molecule has 0 aromatic heterocycles. The SMILES string of the molecule is COCCOc1ccccc1C(=O)CCCN. The van der Waals surface area contributed by atoms with Crippen molar-refractivity contribution < 1.29 is 14.3 Å². The molecule has 4 nitrogen and oxygen atoms in total. The molecular weight excluding hydrogens is 218 g/mol. The third-order valence-corrected chi connectivity index (χ3v) is 2.34. The number of carbonyl (C=O) groups excluding carboxylic acids is 1.